The van der Waals surface area contributed by atoms with Crippen molar-refractivity contribution in [3.63, 3.8) is 0 Å². The minimum Gasteiger partial charge on any atom is -0.381 e. The molecule has 0 spiro atoms. The molecule has 28 heavy (non-hydrogen) atoms. The third kappa shape index (κ3) is 6.08. The maximum Gasteiger partial charge on any atom is 0.225 e. The minimum atomic E-state index is 0.305. The Labute approximate surface area is 170 Å². The molecule has 2 heterocycles. The molecule has 1 unspecified atom stereocenters. The zero-order valence-electron chi connectivity index (χ0n) is 17.9. The summed E-state index contributed by atoms with van der Waals surface area (Å²) in [6, 6.07) is 0. The van der Waals surface area contributed by atoms with E-state index in [1.165, 1.54) is 12.8 Å². The van der Waals surface area contributed by atoms with Gasteiger partial charge in [0.25, 0.3) is 0 Å². The molecular formula is C21H39N5O2. The van der Waals surface area contributed by atoms with E-state index in [9.17, 15) is 4.79 Å². The summed E-state index contributed by atoms with van der Waals surface area (Å²) in [5.74, 6) is 2.31. The highest BCUT2D eigenvalue weighted by Gasteiger charge is 2.29. The second-order valence-electron chi connectivity index (χ2n) is 8.49. The van der Waals surface area contributed by atoms with Crippen LogP contribution < -0.4 is 5.32 Å². The van der Waals surface area contributed by atoms with Crippen molar-refractivity contribution in [1.82, 2.24) is 20.0 Å². The van der Waals surface area contributed by atoms with Gasteiger partial charge < -0.3 is 19.9 Å². The molecule has 2 saturated heterocycles. The number of piperazine rings is 1. The van der Waals surface area contributed by atoms with E-state index in [0.29, 0.717) is 17.7 Å². The number of rotatable bonds is 7. The van der Waals surface area contributed by atoms with E-state index in [2.05, 4.69) is 34.0 Å². The Morgan fingerprint density at radius 2 is 1.93 bits per heavy atom. The van der Waals surface area contributed by atoms with Crippen molar-refractivity contribution in [2.24, 2.45) is 16.8 Å². The van der Waals surface area contributed by atoms with Gasteiger partial charge in [0, 0.05) is 71.3 Å². The van der Waals surface area contributed by atoms with Crippen molar-refractivity contribution < 1.29 is 9.53 Å². The van der Waals surface area contributed by atoms with Crippen molar-refractivity contribution in [2.75, 3.05) is 72.6 Å². The minimum absolute atomic E-state index is 0.305. The van der Waals surface area contributed by atoms with Crippen LogP contribution in [0, 0.1) is 11.8 Å². The second-order valence-corrected chi connectivity index (χ2v) is 8.49. The van der Waals surface area contributed by atoms with Gasteiger partial charge in [0.2, 0.25) is 5.91 Å². The zero-order valence-corrected chi connectivity index (χ0v) is 17.9. The van der Waals surface area contributed by atoms with Crippen LogP contribution in [0.25, 0.3) is 0 Å². The zero-order chi connectivity index (χ0) is 19.8. The lowest BCUT2D eigenvalue weighted by Crippen LogP contribution is -2.50. The van der Waals surface area contributed by atoms with Gasteiger partial charge in [0.05, 0.1) is 13.2 Å². The van der Waals surface area contributed by atoms with Crippen LogP contribution in [0.1, 0.15) is 39.0 Å². The summed E-state index contributed by atoms with van der Waals surface area (Å²) >= 11 is 0. The summed E-state index contributed by atoms with van der Waals surface area (Å²) < 4.78 is 5.49. The van der Waals surface area contributed by atoms with Gasteiger partial charge in [-0.15, -0.1) is 0 Å². The van der Waals surface area contributed by atoms with Crippen LogP contribution in [0.2, 0.25) is 0 Å². The first-order valence-electron chi connectivity index (χ1n) is 11.3. The number of carbonyl (C=O) groups excluding carboxylic acids is 1. The first-order chi connectivity index (χ1) is 13.7. The predicted molar refractivity (Wildman–Crippen MR) is 113 cm³/mol. The molecule has 1 amide bonds. The van der Waals surface area contributed by atoms with E-state index in [1.54, 1.807) is 0 Å². The molecule has 0 radical (unpaired) electrons. The largest absolute Gasteiger partial charge is 0.381 e. The molecule has 3 aliphatic rings. The number of nitrogens with zero attached hydrogens (tertiary/aromatic N) is 4. The topological polar surface area (TPSA) is 60.4 Å². The number of ether oxygens (including phenoxy) is 1. The fraction of sp³-hybridized carbons (Fsp3) is 0.905. The molecule has 160 valence electrons. The summed E-state index contributed by atoms with van der Waals surface area (Å²) in [4.78, 5) is 24.2. The SMILES string of the molecule is CCNC(=NCCN1CCN(C(=O)C2CCCC2)CC1)N(C)CC1CCOC1. The monoisotopic (exact) mass is 393 g/mol. The molecular weight excluding hydrogens is 354 g/mol. The molecule has 3 fully saturated rings. The first-order valence-corrected chi connectivity index (χ1v) is 11.3. The summed E-state index contributed by atoms with van der Waals surface area (Å²) in [6.45, 7) is 11.2. The number of aliphatic imine (C=N–C) groups is 1. The highest BCUT2D eigenvalue weighted by Crippen LogP contribution is 2.26. The Bertz CT molecular complexity index is 507. The van der Waals surface area contributed by atoms with E-state index >= 15 is 0 Å². The maximum absolute atomic E-state index is 12.6. The number of carbonyl (C=O) groups is 1. The smallest absolute Gasteiger partial charge is 0.225 e. The Balaban J connectivity index is 1.39. The lowest BCUT2D eigenvalue weighted by molar-refractivity contribution is -0.137. The number of hydrogen-bond donors (Lipinski definition) is 1. The normalized spacial score (nSPS) is 24.7. The van der Waals surface area contributed by atoms with E-state index in [0.717, 1.165) is 90.8 Å². The third-order valence-electron chi connectivity index (χ3n) is 6.32. The Hall–Kier alpha value is -1.34. The van der Waals surface area contributed by atoms with Crippen LogP contribution >= 0.6 is 0 Å². The number of amides is 1. The third-order valence-corrected chi connectivity index (χ3v) is 6.32. The summed E-state index contributed by atoms with van der Waals surface area (Å²) in [6.07, 6.45) is 5.80. The van der Waals surface area contributed by atoms with Gasteiger partial charge in [0.1, 0.15) is 0 Å². The van der Waals surface area contributed by atoms with Crippen molar-refractivity contribution in [3.8, 4) is 0 Å². The summed E-state index contributed by atoms with van der Waals surface area (Å²) in [5.41, 5.74) is 0. The maximum atomic E-state index is 12.6. The van der Waals surface area contributed by atoms with Crippen LogP contribution in [-0.2, 0) is 9.53 Å². The number of hydrogen-bond acceptors (Lipinski definition) is 4. The first kappa shape index (κ1) is 21.4. The van der Waals surface area contributed by atoms with Crippen molar-refractivity contribution in [1.29, 1.82) is 0 Å². The van der Waals surface area contributed by atoms with Gasteiger partial charge >= 0.3 is 0 Å². The number of guanidine groups is 1. The fourth-order valence-electron chi connectivity index (χ4n) is 4.59. The standard InChI is InChI=1S/C21H39N5O2/c1-3-22-21(24(2)16-18-8-15-28-17-18)23-9-10-25-11-13-26(14-12-25)20(27)19-6-4-5-7-19/h18-19H,3-17H2,1-2H3,(H,22,23). The molecule has 0 aromatic carbocycles. The lowest BCUT2D eigenvalue weighted by atomic mass is 10.1. The van der Waals surface area contributed by atoms with Gasteiger partial charge in [-0.25, -0.2) is 0 Å². The Morgan fingerprint density at radius 1 is 1.18 bits per heavy atom. The molecule has 7 nitrogen and oxygen atoms in total. The van der Waals surface area contributed by atoms with E-state index in [4.69, 9.17) is 9.73 Å². The Kier molecular flexibility index (Phi) is 8.40. The van der Waals surface area contributed by atoms with Gasteiger partial charge in [-0.05, 0) is 26.2 Å². The average molecular weight is 394 g/mol. The lowest BCUT2D eigenvalue weighted by Gasteiger charge is -2.35. The Morgan fingerprint density at radius 3 is 2.57 bits per heavy atom. The molecule has 3 rings (SSSR count). The number of nitrogens with one attached hydrogen (secondary N) is 1. The van der Waals surface area contributed by atoms with Crippen molar-refractivity contribution >= 4 is 11.9 Å². The van der Waals surface area contributed by atoms with Gasteiger partial charge in [0.15, 0.2) is 5.96 Å². The highest BCUT2D eigenvalue weighted by molar-refractivity contribution is 5.80. The molecule has 0 bridgehead atoms. The van der Waals surface area contributed by atoms with Crippen LogP contribution in [0.4, 0.5) is 0 Å². The van der Waals surface area contributed by atoms with Crippen LogP contribution in [0.15, 0.2) is 4.99 Å². The summed E-state index contributed by atoms with van der Waals surface area (Å²) in [7, 11) is 2.12. The fourth-order valence-corrected chi connectivity index (χ4v) is 4.59. The van der Waals surface area contributed by atoms with Gasteiger partial charge in [-0.1, -0.05) is 12.8 Å². The second kappa shape index (κ2) is 11.0. The van der Waals surface area contributed by atoms with Crippen LogP contribution in [-0.4, -0.2) is 99.2 Å². The molecule has 1 N–H and O–H groups in total. The molecule has 1 atom stereocenters. The molecule has 0 aromatic rings. The van der Waals surface area contributed by atoms with E-state index < -0.39 is 0 Å². The average Bonchev–Trinajstić information content (AvgIpc) is 3.41. The van der Waals surface area contributed by atoms with Crippen LogP contribution in [0.5, 0.6) is 0 Å². The summed E-state index contributed by atoms with van der Waals surface area (Å²) in [5, 5.41) is 3.41. The molecule has 0 aromatic heterocycles. The van der Waals surface area contributed by atoms with Gasteiger partial charge in [-0.2, -0.15) is 0 Å². The molecule has 7 heteroatoms. The highest BCUT2D eigenvalue weighted by atomic mass is 16.5. The molecule has 1 aliphatic carbocycles. The quantitative estimate of drug-likeness (QED) is 0.521. The van der Waals surface area contributed by atoms with E-state index in [-0.39, 0.29) is 0 Å². The van der Waals surface area contributed by atoms with E-state index in [1.807, 2.05) is 0 Å². The van der Waals surface area contributed by atoms with Crippen LogP contribution in [0.3, 0.4) is 0 Å². The van der Waals surface area contributed by atoms with Crippen molar-refractivity contribution in [2.45, 2.75) is 39.0 Å². The van der Waals surface area contributed by atoms with Crippen molar-refractivity contribution in [3.05, 3.63) is 0 Å². The molecule has 2 aliphatic heterocycles. The van der Waals surface area contributed by atoms with Gasteiger partial charge in [-0.3, -0.25) is 14.7 Å². The molecule has 1 saturated carbocycles. The predicted octanol–water partition coefficient (Wildman–Crippen LogP) is 1.25.